The average molecular weight is 418 g/mol. The lowest BCUT2D eigenvalue weighted by molar-refractivity contribution is -0.127. The third-order valence-electron chi connectivity index (χ3n) is 5.60. The van der Waals surface area contributed by atoms with Crippen molar-refractivity contribution in [1.82, 2.24) is 24.5 Å². The summed E-state index contributed by atoms with van der Waals surface area (Å²) in [6, 6.07) is 0. The number of carbonyl (C=O) groups is 1. The van der Waals surface area contributed by atoms with Gasteiger partial charge < -0.3 is 4.90 Å². The van der Waals surface area contributed by atoms with Crippen LogP contribution < -0.4 is 0 Å². The SMILES string of the molecule is CCc1nc2sc3c(c2c2nnc(SCC(=O)N(CC)CC)n12)CC[C@H](C)C3. The fourth-order valence-electron chi connectivity index (χ4n) is 4.00. The van der Waals surface area contributed by atoms with Gasteiger partial charge >= 0.3 is 0 Å². The molecule has 1 aliphatic carbocycles. The normalized spacial score (nSPS) is 16.6. The fraction of sp³-hybridized carbons (Fsp3) is 0.600. The molecule has 0 fully saturated rings. The predicted molar refractivity (Wildman–Crippen MR) is 115 cm³/mol. The zero-order valence-electron chi connectivity index (χ0n) is 17.0. The molecule has 1 aliphatic rings. The summed E-state index contributed by atoms with van der Waals surface area (Å²) < 4.78 is 2.08. The summed E-state index contributed by atoms with van der Waals surface area (Å²) in [5.41, 5.74) is 2.33. The Labute approximate surface area is 173 Å². The molecule has 0 spiro atoms. The summed E-state index contributed by atoms with van der Waals surface area (Å²) in [6.45, 7) is 9.92. The first-order valence-electron chi connectivity index (χ1n) is 10.2. The standard InChI is InChI=1S/C20H27N5OS2/c1-5-15-21-19-17(13-9-8-12(4)10-14(13)28-19)18-22-23-20(25(15)18)27-11-16(26)24(6-2)7-3/h12H,5-11H2,1-4H3/t12-/m0/s1. The van der Waals surface area contributed by atoms with Gasteiger partial charge in [0.15, 0.2) is 10.8 Å². The molecule has 1 amide bonds. The van der Waals surface area contributed by atoms with Crippen molar-refractivity contribution in [2.45, 2.75) is 58.5 Å². The molecule has 1 atom stereocenters. The number of thiophene rings is 1. The van der Waals surface area contributed by atoms with E-state index in [1.165, 1.54) is 34.0 Å². The van der Waals surface area contributed by atoms with E-state index in [-0.39, 0.29) is 5.91 Å². The number of hydrogen-bond acceptors (Lipinski definition) is 6. The van der Waals surface area contributed by atoms with Gasteiger partial charge in [0.2, 0.25) is 5.91 Å². The van der Waals surface area contributed by atoms with Crippen LogP contribution in [0.5, 0.6) is 0 Å². The van der Waals surface area contributed by atoms with Crippen molar-refractivity contribution in [2.75, 3.05) is 18.8 Å². The highest BCUT2D eigenvalue weighted by Gasteiger charge is 2.25. The molecular formula is C20H27N5OS2. The maximum atomic E-state index is 12.4. The van der Waals surface area contributed by atoms with Crippen LogP contribution in [0.2, 0.25) is 0 Å². The number of nitrogens with zero attached hydrogens (tertiary/aromatic N) is 5. The van der Waals surface area contributed by atoms with Gasteiger partial charge in [-0.15, -0.1) is 21.5 Å². The number of aryl methyl sites for hydroxylation is 2. The minimum Gasteiger partial charge on any atom is -0.343 e. The molecule has 4 rings (SSSR count). The van der Waals surface area contributed by atoms with E-state index in [0.29, 0.717) is 5.75 Å². The van der Waals surface area contributed by atoms with Gasteiger partial charge in [-0.05, 0) is 44.6 Å². The molecule has 6 nitrogen and oxygen atoms in total. The molecule has 3 aromatic rings. The van der Waals surface area contributed by atoms with Crippen molar-refractivity contribution in [2.24, 2.45) is 5.92 Å². The second kappa shape index (κ2) is 7.99. The van der Waals surface area contributed by atoms with Gasteiger partial charge in [-0.1, -0.05) is 25.6 Å². The number of thioether (sulfide) groups is 1. The van der Waals surface area contributed by atoms with Gasteiger partial charge in [0, 0.05) is 24.4 Å². The van der Waals surface area contributed by atoms with Crippen LogP contribution >= 0.6 is 23.1 Å². The Bertz CT molecular complexity index is 1020. The Morgan fingerprint density at radius 1 is 1.29 bits per heavy atom. The quantitative estimate of drug-likeness (QED) is 0.568. The van der Waals surface area contributed by atoms with Gasteiger partial charge in [-0.3, -0.25) is 9.20 Å². The van der Waals surface area contributed by atoms with Crippen LogP contribution in [0.4, 0.5) is 0 Å². The first-order valence-corrected chi connectivity index (χ1v) is 12.0. The topological polar surface area (TPSA) is 63.4 Å². The van der Waals surface area contributed by atoms with Crippen molar-refractivity contribution in [1.29, 1.82) is 0 Å². The fourth-order valence-corrected chi connectivity index (χ4v) is 6.25. The smallest absolute Gasteiger partial charge is 0.233 e. The van der Waals surface area contributed by atoms with E-state index in [1.54, 1.807) is 0 Å². The van der Waals surface area contributed by atoms with Gasteiger partial charge in [0.1, 0.15) is 10.7 Å². The maximum absolute atomic E-state index is 12.4. The molecule has 0 saturated carbocycles. The predicted octanol–water partition coefficient (Wildman–Crippen LogP) is 3.99. The van der Waals surface area contributed by atoms with Gasteiger partial charge in [0.25, 0.3) is 0 Å². The van der Waals surface area contributed by atoms with Crippen LogP contribution in [0.25, 0.3) is 15.9 Å². The lowest BCUT2D eigenvalue weighted by Gasteiger charge is -2.18. The summed E-state index contributed by atoms with van der Waals surface area (Å²) in [5.74, 6) is 2.22. The van der Waals surface area contributed by atoms with Gasteiger partial charge in [0.05, 0.1) is 11.1 Å². The minimum atomic E-state index is 0.140. The summed E-state index contributed by atoms with van der Waals surface area (Å²) >= 11 is 3.29. The van der Waals surface area contributed by atoms with Crippen LogP contribution in [-0.4, -0.2) is 49.2 Å². The minimum absolute atomic E-state index is 0.140. The molecule has 3 aromatic heterocycles. The molecule has 8 heteroatoms. The number of fused-ring (bicyclic) bond motifs is 5. The molecule has 0 bridgehead atoms. The Hall–Kier alpha value is -1.67. The molecule has 150 valence electrons. The van der Waals surface area contributed by atoms with E-state index in [0.717, 1.165) is 59.7 Å². The van der Waals surface area contributed by atoms with Gasteiger partial charge in [-0.25, -0.2) is 4.98 Å². The third-order valence-corrected chi connectivity index (χ3v) is 7.66. The van der Waals surface area contributed by atoms with Crippen molar-refractivity contribution in [3.8, 4) is 0 Å². The second-order valence-electron chi connectivity index (χ2n) is 7.41. The van der Waals surface area contributed by atoms with Crippen LogP contribution in [0.3, 0.4) is 0 Å². The maximum Gasteiger partial charge on any atom is 0.233 e. The van der Waals surface area contributed by atoms with E-state index < -0.39 is 0 Å². The van der Waals surface area contributed by atoms with Crippen molar-refractivity contribution >= 4 is 44.9 Å². The Morgan fingerprint density at radius 3 is 2.79 bits per heavy atom. The zero-order chi connectivity index (χ0) is 19.8. The second-order valence-corrected chi connectivity index (χ2v) is 9.44. The van der Waals surface area contributed by atoms with Crippen LogP contribution in [-0.2, 0) is 24.1 Å². The van der Waals surface area contributed by atoms with Crippen molar-refractivity contribution in [3.63, 3.8) is 0 Å². The third kappa shape index (κ3) is 3.30. The molecule has 0 unspecified atom stereocenters. The molecule has 0 radical (unpaired) electrons. The van der Waals surface area contributed by atoms with Crippen LogP contribution in [0.15, 0.2) is 5.16 Å². The van der Waals surface area contributed by atoms with E-state index in [1.807, 2.05) is 30.1 Å². The van der Waals surface area contributed by atoms with Crippen molar-refractivity contribution in [3.05, 3.63) is 16.3 Å². The lowest BCUT2D eigenvalue weighted by Crippen LogP contribution is -2.31. The number of rotatable bonds is 6. The molecule has 0 aliphatic heterocycles. The summed E-state index contributed by atoms with van der Waals surface area (Å²) in [6.07, 6.45) is 4.25. The summed E-state index contributed by atoms with van der Waals surface area (Å²) in [5, 5.41) is 11.0. The summed E-state index contributed by atoms with van der Waals surface area (Å²) in [7, 11) is 0. The van der Waals surface area contributed by atoms with E-state index in [4.69, 9.17) is 4.98 Å². The molecule has 0 saturated heterocycles. The first-order chi connectivity index (χ1) is 13.6. The van der Waals surface area contributed by atoms with Crippen LogP contribution in [0.1, 0.15) is 50.4 Å². The Morgan fingerprint density at radius 2 is 2.07 bits per heavy atom. The number of carbonyl (C=O) groups excluding carboxylic acids is 1. The van der Waals surface area contributed by atoms with Gasteiger partial charge in [-0.2, -0.15) is 0 Å². The Balaban J connectivity index is 1.76. The molecular weight excluding hydrogens is 390 g/mol. The first kappa shape index (κ1) is 19.6. The highest BCUT2D eigenvalue weighted by molar-refractivity contribution is 7.99. The van der Waals surface area contributed by atoms with Crippen molar-refractivity contribution < 1.29 is 4.79 Å². The molecule has 3 heterocycles. The number of amides is 1. The average Bonchev–Trinajstić information content (AvgIpc) is 3.26. The van der Waals surface area contributed by atoms with E-state index in [2.05, 4.69) is 28.4 Å². The molecule has 0 N–H and O–H groups in total. The Kier molecular flexibility index (Phi) is 5.60. The molecule has 0 aromatic carbocycles. The zero-order valence-corrected chi connectivity index (χ0v) is 18.6. The highest BCUT2D eigenvalue weighted by atomic mass is 32.2. The largest absolute Gasteiger partial charge is 0.343 e. The highest BCUT2D eigenvalue weighted by Crippen LogP contribution is 2.39. The monoisotopic (exact) mass is 417 g/mol. The lowest BCUT2D eigenvalue weighted by atomic mass is 9.89. The van der Waals surface area contributed by atoms with E-state index >= 15 is 0 Å². The van der Waals surface area contributed by atoms with E-state index in [9.17, 15) is 4.79 Å². The molecule has 28 heavy (non-hydrogen) atoms. The number of hydrogen-bond donors (Lipinski definition) is 0. The summed E-state index contributed by atoms with van der Waals surface area (Å²) in [4.78, 5) is 21.8. The number of aromatic nitrogens is 4. The van der Waals surface area contributed by atoms with Crippen LogP contribution in [0, 0.1) is 5.92 Å².